The van der Waals surface area contributed by atoms with Crippen LogP contribution in [-0.4, -0.2) is 68.0 Å². The molecule has 0 aliphatic carbocycles. The van der Waals surface area contributed by atoms with Gasteiger partial charge in [-0.15, -0.1) is 0 Å². The summed E-state index contributed by atoms with van der Waals surface area (Å²) in [5.74, 6) is 0.588. The molecule has 3 aromatic carbocycles. The molecule has 0 atom stereocenters. The van der Waals surface area contributed by atoms with E-state index in [-0.39, 0.29) is 18.7 Å². The quantitative estimate of drug-likeness (QED) is 0.233. The molecule has 1 aliphatic rings. The number of piperazine rings is 1. The van der Waals surface area contributed by atoms with Gasteiger partial charge in [0.15, 0.2) is 0 Å². The summed E-state index contributed by atoms with van der Waals surface area (Å²) in [5.41, 5.74) is 6.78. The number of aliphatic carboxylic acids is 1. The number of imidazole rings is 2. The van der Waals surface area contributed by atoms with Gasteiger partial charge in [-0.05, 0) is 65.1 Å². The van der Waals surface area contributed by atoms with Crippen molar-refractivity contribution in [3.8, 4) is 22.8 Å². The van der Waals surface area contributed by atoms with Gasteiger partial charge in [-0.2, -0.15) is 0 Å². The number of carboxylic acids is 1. The number of hydrogen-bond acceptors (Lipinski definition) is 5. The highest BCUT2D eigenvalue weighted by atomic mass is 127. The lowest BCUT2D eigenvalue weighted by Crippen LogP contribution is -2.48. The fourth-order valence-corrected chi connectivity index (χ4v) is 5.49. The average molecular weight is 620 g/mol. The smallest absolute Gasteiger partial charge is 0.303 e. The van der Waals surface area contributed by atoms with Crippen LogP contribution in [0.5, 0.6) is 0 Å². The zero-order valence-corrected chi connectivity index (χ0v) is 22.6. The molecule has 3 heterocycles. The molecule has 10 heteroatoms. The van der Waals surface area contributed by atoms with Crippen LogP contribution >= 0.6 is 22.6 Å². The summed E-state index contributed by atoms with van der Waals surface area (Å²) in [6, 6.07) is 20.5. The van der Waals surface area contributed by atoms with Crippen molar-refractivity contribution in [2.24, 2.45) is 0 Å². The molecule has 3 N–H and O–H groups in total. The van der Waals surface area contributed by atoms with Crippen molar-refractivity contribution in [3.63, 3.8) is 0 Å². The lowest BCUT2D eigenvalue weighted by Gasteiger charge is -2.36. The maximum Gasteiger partial charge on any atom is 0.303 e. The number of benzene rings is 3. The maximum absolute atomic E-state index is 12.3. The van der Waals surface area contributed by atoms with Crippen LogP contribution in [0.25, 0.3) is 44.8 Å². The number of nitrogens with zero attached hydrogens (tertiary/aromatic N) is 4. The SMILES string of the molecule is O=C(O)CCC(=O)N1CCN(c2ccc3[nH]c(-c4ccc5[nH]c(-c6ccccc6I)nc5c4)nc3c2)CC1. The van der Waals surface area contributed by atoms with Gasteiger partial charge in [0.25, 0.3) is 0 Å². The van der Waals surface area contributed by atoms with Gasteiger partial charge in [-0.25, -0.2) is 9.97 Å². The Morgan fingerprint density at radius 2 is 1.53 bits per heavy atom. The van der Waals surface area contributed by atoms with Crippen molar-refractivity contribution in [2.45, 2.75) is 12.8 Å². The van der Waals surface area contributed by atoms with Crippen LogP contribution in [0.4, 0.5) is 5.69 Å². The summed E-state index contributed by atoms with van der Waals surface area (Å²) in [6.45, 7) is 2.55. The number of carbonyl (C=O) groups is 2. The lowest BCUT2D eigenvalue weighted by molar-refractivity contribution is -0.141. The molecular weight excluding hydrogens is 595 g/mol. The van der Waals surface area contributed by atoms with Gasteiger partial charge in [0.1, 0.15) is 11.6 Å². The van der Waals surface area contributed by atoms with Crippen LogP contribution < -0.4 is 4.90 Å². The summed E-state index contributed by atoms with van der Waals surface area (Å²) in [5, 5.41) is 8.82. The minimum absolute atomic E-state index is 0.0499. The van der Waals surface area contributed by atoms with E-state index < -0.39 is 5.97 Å². The molecular formula is C28H25IN6O3. The number of amides is 1. The first-order chi connectivity index (χ1) is 18.4. The Bertz CT molecular complexity index is 1670. The molecule has 0 saturated carbocycles. The third-order valence-corrected chi connectivity index (χ3v) is 7.84. The van der Waals surface area contributed by atoms with Crippen molar-refractivity contribution in [1.29, 1.82) is 0 Å². The minimum Gasteiger partial charge on any atom is -0.481 e. The average Bonchev–Trinajstić information content (AvgIpc) is 3.55. The Kier molecular flexibility index (Phi) is 6.48. The number of aromatic nitrogens is 4. The van der Waals surface area contributed by atoms with E-state index in [2.05, 4.69) is 61.7 Å². The van der Waals surface area contributed by atoms with Crippen LogP contribution in [0.3, 0.4) is 0 Å². The van der Waals surface area contributed by atoms with E-state index in [1.165, 1.54) is 0 Å². The summed E-state index contributed by atoms with van der Waals surface area (Å²) in [4.78, 5) is 43.5. The standard InChI is InChI=1S/C28H25IN6O3/c29-20-4-2-1-3-19(20)28-31-21-7-5-17(15-23(21)33-28)27-30-22-8-6-18(16-24(22)32-27)34-11-13-35(14-12-34)25(36)9-10-26(37)38/h1-8,15-16H,9-14H2,(H,30,32)(H,31,33)(H,37,38). The van der Waals surface area contributed by atoms with Crippen LogP contribution in [0, 0.1) is 3.57 Å². The molecule has 0 radical (unpaired) electrons. The van der Waals surface area contributed by atoms with Gasteiger partial charge in [0, 0.05) is 53.0 Å². The molecule has 6 rings (SSSR count). The largest absolute Gasteiger partial charge is 0.481 e. The van der Waals surface area contributed by atoms with E-state index >= 15 is 0 Å². The summed E-state index contributed by atoms with van der Waals surface area (Å²) in [6.07, 6.45) is -0.0773. The van der Waals surface area contributed by atoms with Gasteiger partial charge in [0.2, 0.25) is 5.91 Å². The number of hydrogen-bond donors (Lipinski definition) is 3. The van der Waals surface area contributed by atoms with Gasteiger partial charge in [-0.3, -0.25) is 9.59 Å². The number of nitrogens with one attached hydrogen (secondary N) is 2. The fourth-order valence-electron chi connectivity index (χ4n) is 4.85. The van der Waals surface area contributed by atoms with Crippen molar-refractivity contribution < 1.29 is 14.7 Å². The molecule has 0 unspecified atom stereocenters. The molecule has 1 amide bonds. The number of halogens is 1. The number of carboxylic acid groups (broad SMARTS) is 1. The van der Waals surface area contributed by atoms with Crippen molar-refractivity contribution in [3.05, 3.63) is 64.2 Å². The number of aromatic amines is 2. The highest BCUT2D eigenvalue weighted by Gasteiger charge is 2.22. The summed E-state index contributed by atoms with van der Waals surface area (Å²) < 4.78 is 1.14. The normalized spacial score (nSPS) is 13.9. The second-order valence-electron chi connectivity index (χ2n) is 9.35. The summed E-state index contributed by atoms with van der Waals surface area (Å²) in [7, 11) is 0. The van der Waals surface area contributed by atoms with Crippen LogP contribution in [0.1, 0.15) is 12.8 Å². The van der Waals surface area contributed by atoms with E-state index in [4.69, 9.17) is 15.1 Å². The minimum atomic E-state index is -0.945. The maximum atomic E-state index is 12.3. The Morgan fingerprint density at radius 3 is 2.29 bits per heavy atom. The molecule has 0 bridgehead atoms. The second kappa shape index (κ2) is 10.1. The molecule has 192 valence electrons. The van der Waals surface area contributed by atoms with E-state index in [0.29, 0.717) is 26.2 Å². The number of rotatable bonds is 6. The Morgan fingerprint density at radius 1 is 0.842 bits per heavy atom. The van der Waals surface area contributed by atoms with E-state index in [0.717, 1.165) is 54.1 Å². The predicted octanol–water partition coefficient (Wildman–Crippen LogP) is 4.89. The Hall–Kier alpha value is -3.93. The van der Waals surface area contributed by atoms with Crippen molar-refractivity contribution >= 4 is 62.2 Å². The lowest BCUT2D eigenvalue weighted by atomic mass is 10.2. The predicted molar refractivity (Wildman–Crippen MR) is 155 cm³/mol. The Labute approximate surface area is 232 Å². The molecule has 5 aromatic rings. The molecule has 0 spiro atoms. The zero-order chi connectivity index (χ0) is 26.2. The number of H-pyrrole nitrogens is 2. The number of anilines is 1. The molecule has 9 nitrogen and oxygen atoms in total. The number of fused-ring (bicyclic) bond motifs is 2. The topological polar surface area (TPSA) is 118 Å². The van der Waals surface area contributed by atoms with Crippen LogP contribution in [0.15, 0.2) is 60.7 Å². The highest BCUT2D eigenvalue weighted by molar-refractivity contribution is 14.1. The Balaban J connectivity index is 1.20. The first-order valence-corrected chi connectivity index (χ1v) is 13.5. The third kappa shape index (κ3) is 4.83. The van der Waals surface area contributed by atoms with Gasteiger partial charge in [0.05, 0.1) is 28.5 Å². The summed E-state index contributed by atoms with van der Waals surface area (Å²) >= 11 is 2.32. The molecule has 1 aliphatic heterocycles. The van der Waals surface area contributed by atoms with Crippen LogP contribution in [-0.2, 0) is 9.59 Å². The molecule has 38 heavy (non-hydrogen) atoms. The van der Waals surface area contributed by atoms with E-state index in [1.807, 2.05) is 36.4 Å². The fraction of sp³-hybridized carbons (Fsp3) is 0.214. The van der Waals surface area contributed by atoms with Crippen LogP contribution in [0.2, 0.25) is 0 Å². The van der Waals surface area contributed by atoms with E-state index in [9.17, 15) is 9.59 Å². The first kappa shape index (κ1) is 24.4. The first-order valence-electron chi connectivity index (χ1n) is 12.4. The van der Waals surface area contributed by atoms with Gasteiger partial charge >= 0.3 is 5.97 Å². The molecule has 1 saturated heterocycles. The third-order valence-electron chi connectivity index (χ3n) is 6.90. The molecule has 1 fully saturated rings. The number of carbonyl (C=O) groups excluding carboxylic acids is 1. The highest BCUT2D eigenvalue weighted by Crippen LogP contribution is 2.29. The monoisotopic (exact) mass is 620 g/mol. The van der Waals surface area contributed by atoms with Crippen molar-refractivity contribution in [1.82, 2.24) is 24.8 Å². The molecule has 2 aromatic heterocycles. The van der Waals surface area contributed by atoms with Gasteiger partial charge < -0.3 is 24.9 Å². The zero-order valence-electron chi connectivity index (χ0n) is 20.4. The van der Waals surface area contributed by atoms with Crippen molar-refractivity contribution in [2.75, 3.05) is 31.1 Å². The van der Waals surface area contributed by atoms with Gasteiger partial charge in [-0.1, -0.05) is 18.2 Å². The second-order valence-corrected chi connectivity index (χ2v) is 10.5. The van der Waals surface area contributed by atoms with E-state index in [1.54, 1.807) is 4.90 Å².